The monoisotopic (exact) mass is 250 g/mol. The number of aliphatic hydroxyl groups excluding tert-OH is 2. The van der Waals surface area contributed by atoms with E-state index in [0.29, 0.717) is 0 Å². The topological polar surface area (TPSA) is 96.4 Å². The summed E-state index contributed by atoms with van der Waals surface area (Å²) in [6, 6.07) is 2.73. The average Bonchev–Trinajstić information content (AvgIpc) is 2.15. The zero-order valence-corrected chi connectivity index (χ0v) is 8.90. The van der Waals surface area contributed by atoms with Crippen molar-refractivity contribution in [1.82, 2.24) is 4.98 Å². The largest absolute Gasteiger partial charge is 0.385 e. The van der Waals surface area contributed by atoms with Gasteiger partial charge < -0.3 is 15.9 Å². The molecule has 1 aromatic rings. The van der Waals surface area contributed by atoms with Crippen molar-refractivity contribution in [2.45, 2.75) is 12.2 Å². The molecule has 0 aliphatic heterocycles. The molecule has 0 bridgehead atoms. The van der Waals surface area contributed by atoms with Gasteiger partial charge in [-0.05, 0) is 6.07 Å². The lowest BCUT2D eigenvalue weighted by Gasteiger charge is -2.15. The second-order valence-electron chi connectivity index (χ2n) is 2.81. The number of aliphatic hydroxyl groups is 2. The van der Waals surface area contributed by atoms with Gasteiger partial charge in [0.2, 0.25) is 5.91 Å². The first kappa shape index (κ1) is 12.2. The smallest absolute Gasteiger partial charge is 0.249 e. The van der Waals surface area contributed by atoms with Crippen molar-refractivity contribution < 1.29 is 15.0 Å². The van der Waals surface area contributed by atoms with Crippen molar-refractivity contribution >= 4 is 29.1 Å². The summed E-state index contributed by atoms with van der Waals surface area (Å²) in [4.78, 5) is 14.3. The van der Waals surface area contributed by atoms with E-state index in [1.165, 1.54) is 12.1 Å². The second-order valence-corrected chi connectivity index (χ2v) is 3.55. The molecule has 0 aromatic carbocycles. The number of nitrogens with zero attached hydrogens (tertiary/aromatic N) is 1. The Kier molecular flexibility index (Phi) is 3.87. The second kappa shape index (κ2) is 4.76. The van der Waals surface area contributed by atoms with Crippen LogP contribution >= 0.6 is 23.2 Å². The molecule has 0 radical (unpaired) electrons. The van der Waals surface area contributed by atoms with Crippen LogP contribution in [0.3, 0.4) is 0 Å². The van der Waals surface area contributed by atoms with Gasteiger partial charge in [0, 0.05) is 5.56 Å². The molecular weight excluding hydrogens is 243 g/mol. The number of rotatable bonds is 3. The van der Waals surface area contributed by atoms with Gasteiger partial charge in [0.15, 0.2) is 6.10 Å². The minimum Gasteiger partial charge on any atom is -0.385 e. The molecule has 0 saturated carbocycles. The van der Waals surface area contributed by atoms with Gasteiger partial charge in [0.25, 0.3) is 0 Å². The lowest BCUT2D eigenvalue weighted by molar-refractivity contribution is -0.131. The van der Waals surface area contributed by atoms with Crippen molar-refractivity contribution in [3.63, 3.8) is 0 Å². The fraction of sp³-hybridized carbons (Fsp3) is 0.250. The minimum atomic E-state index is -1.73. The van der Waals surface area contributed by atoms with E-state index in [0.717, 1.165) is 0 Å². The number of primary amides is 1. The van der Waals surface area contributed by atoms with E-state index in [-0.39, 0.29) is 15.9 Å². The van der Waals surface area contributed by atoms with Crippen LogP contribution in [0.1, 0.15) is 11.7 Å². The van der Waals surface area contributed by atoms with Crippen molar-refractivity contribution in [3.8, 4) is 0 Å². The molecule has 1 heterocycles. The highest BCUT2D eigenvalue weighted by molar-refractivity contribution is 6.32. The number of carbonyl (C=O) groups is 1. The number of nitrogens with two attached hydrogens (primary N) is 1. The fourth-order valence-electron chi connectivity index (χ4n) is 0.969. The highest BCUT2D eigenvalue weighted by Crippen LogP contribution is 2.25. The third kappa shape index (κ3) is 2.79. The highest BCUT2D eigenvalue weighted by atomic mass is 35.5. The van der Waals surface area contributed by atoms with E-state index in [2.05, 4.69) is 4.98 Å². The lowest BCUT2D eigenvalue weighted by Crippen LogP contribution is -2.34. The summed E-state index contributed by atoms with van der Waals surface area (Å²) in [6.07, 6.45) is -3.25. The lowest BCUT2D eigenvalue weighted by atomic mass is 10.1. The number of amides is 1. The molecule has 1 amide bonds. The summed E-state index contributed by atoms with van der Waals surface area (Å²) in [6.45, 7) is 0. The standard InChI is InChI=1S/C8H8Cl2N2O3/c9-4-2-1-3(7(10)12-4)5(13)6(14)8(11)15/h1-2,5-6,13-14H,(H2,11,15). The van der Waals surface area contributed by atoms with Crippen molar-refractivity contribution in [3.05, 3.63) is 28.0 Å². The first-order valence-corrected chi connectivity index (χ1v) is 4.66. The molecule has 4 N–H and O–H groups in total. The molecule has 0 aliphatic rings. The van der Waals surface area contributed by atoms with Crippen molar-refractivity contribution in [2.24, 2.45) is 5.73 Å². The summed E-state index contributed by atoms with van der Waals surface area (Å²) in [5.74, 6) is -1.05. The Morgan fingerprint density at radius 2 is 2.00 bits per heavy atom. The number of aromatic nitrogens is 1. The van der Waals surface area contributed by atoms with Crippen molar-refractivity contribution in [2.75, 3.05) is 0 Å². The van der Waals surface area contributed by atoms with Gasteiger partial charge in [-0.15, -0.1) is 0 Å². The SMILES string of the molecule is NC(=O)C(O)C(O)c1ccc(Cl)nc1Cl. The predicted molar refractivity (Wildman–Crippen MR) is 54.4 cm³/mol. The Hall–Kier alpha value is -0.880. The van der Waals surface area contributed by atoms with Crippen LogP contribution in [0.15, 0.2) is 12.1 Å². The normalized spacial score (nSPS) is 14.7. The Balaban J connectivity index is 3.01. The van der Waals surface area contributed by atoms with Gasteiger partial charge in [-0.2, -0.15) is 0 Å². The maximum absolute atomic E-state index is 10.6. The van der Waals surface area contributed by atoms with Crippen molar-refractivity contribution in [1.29, 1.82) is 0 Å². The van der Waals surface area contributed by atoms with Crippen LogP contribution in [0.25, 0.3) is 0 Å². The van der Waals surface area contributed by atoms with E-state index < -0.39 is 18.1 Å². The molecule has 7 heteroatoms. The van der Waals surface area contributed by atoms with Crippen LogP contribution in [0.4, 0.5) is 0 Å². The molecule has 1 aromatic heterocycles. The number of pyridine rings is 1. The zero-order chi connectivity index (χ0) is 11.6. The van der Waals surface area contributed by atoms with Crippen LogP contribution in [-0.4, -0.2) is 27.2 Å². The maximum Gasteiger partial charge on any atom is 0.249 e. The third-order valence-corrected chi connectivity index (χ3v) is 2.27. The van der Waals surface area contributed by atoms with Crippen LogP contribution in [0.5, 0.6) is 0 Å². The van der Waals surface area contributed by atoms with E-state index in [1.54, 1.807) is 0 Å². The number of hydrogen-bond acceptors (Lipinski definition) is 4. The maximum atomic E-state index is 10.6. The van der Waals surface area contributed by atoms with Crippen LogP contribution in [0.2, 0.25) is 10.3 Å². The van der Waals surface area contributed by atoms with Gasteiger partial charge in [0.05, 0.1) is 0 Å². The quantitative estimate of drug-likeness (QED) is 0.671. The molecule has 0 aliphatic carbocycles. The Morgan fingerprint density at radius 1 is 1.40 bits per heavy atom. The van der Waals surface area contributed by atoms with Crippen LogP contribution in [0, 0.1) is 0 Å². The fourth-order valence-corrected chi connectivity index (χ4v) is 1.43. The molecule has 0 fully saturated rings. The average molecular weight is 251 g/mol. The van der Waals surface area contributed by atoms with Gasteiger partial charge >= 0.3 is 0 Å². The van der Waals surface area contributed by atoms with Crippen LogP contribution in [-0.2, 0) is 4.79 Å². The van der Waals surface area contributed by atoms with E-state index in [9.17, 15) is 15.0 Å². The summed E-state index contributed by atoms with van der Waals surface area (Å²) in [5.41, 5.74) is 4.91. The number of hydrogen-bond donors (Lipinski definition) is 3. The summed E-state index contributed by atoms with van der Waals surface area (Å²) >= 11 is 11.2. The first-order valence-electron chi connectivity index (χ1n) is 3.91. The molecule has 0 spiro atoms. The third-order valence-electron chi connectivity index (χ3n) is 1.75. The number of halogens is 2. The molecule has 0 saturated heterocycles. The summed E-state index contributed by atoms with van der Waals surface area (Å²) in [5, 5.41) is 18.8. The predicted octanol–water partition coefficient (Wildman–Crippen LogP) is 0.268. The molecular formula is C8H8Cl2N2O3. The van der Waals surface area contributed by atoms with E-state index in [1.807, 2.05) is 0 Å². The molecule has 1 rings (SSSR count). The molecule has 2 unspecified atom stereocenters. The minimum absolute atomic E-state index is 0.0877. The van der Waals surface area contributed by atoms with Gasteiger partial charge in [-0.1, -0.05) is 29.3 Å². The highest BCUT2D eigenvalue weighted by Gasteiger charge is 2.25. The molecule has 82 valence electrons. The van der Waals surface area contributed by atoms with E-state index in [4.69, 9.17) is 28.9 Å². The van der Waals surface area contributed by atoms with Gasteiger partial charge in [-0.3, -0.25) is 4.79 Å². The Labute approximate surface area is 95.4 Å². The number of carbonyl (C=O) groups excluding carboxylic acids is 1. The zero-order valence-electron chi connectivity index (χ0n) is 7.39. The van der Waals surface area contributed by atoms with Gasteiger partial charge in [0.1, 0.15) is 16.4 Å². The molecule has 15 heavy (non-hydrogen) atoms. The van der Waals surface area contributed by atoms with E-state index >= 15 is 0 Å². The molecule has 2 atom stereocenters. The summed E-state index contributed by atoms with van der Waals surface area (Å²) in [7, 11) is 0. The summed E-state index contributed by atoms with van der Waals surface area (Å²) < 4.78 is 0. The van der Waals surface area contributed by atoms with Gasteiger partial charge in [-0.25, -0.2) is 4.98 Å². The van der Waals surface area contributed by atoms with Crippen LogP contribution < -0.4 is 5.73 Å². The Morgan fingerprint density at radius 3 is 2.47 bits per heavy atom. The molecule has 5 nitrogen and oxygen atoms in total. The first-order chi connectivity index (χ1) is 6.93. The Bertz CT molecular complexity index is 386.